The van der Waals surface area contributed by atoms with Gasteiger partial charge in [-0.1, -0.05) is 6.07 Å². The maximum Gasteiger partial charge on any atom is 0.375 e. The minimum absolute atomic E-state index is 0.262. The summed E-state index contributed by atoms with van der Waals surface area (Å²) in [6, 6.07) is 3.74. The Hall–Kier alpha value is -1.91. The molecule has 0 spiro atoms. The Labute approximate surface area is 76.2 Å². The van der Waals surface area contributed by atoms with Crippen molar-refractivity contribution in [1.29, 1.82) is 0 Å². The molecule has 1 heterocycles. The molecule has 14 heavy (non-hydrogen) atoms. The molecular weight excluding hydrogens is 194 g/mol. The topological polar surface area (TPSA) is 50.4 Å². The van der Waals surface area contributed by atoms with Crippen molar-refractivity contribution < 1.29 is 18.3 Å². The average molecular weight is 198 g/mol. The van der Waals surface area contributed by atoms with E-state index in [-0.39, 0.29) is 11.0 Å². The summed E-state index contributed by atoms with van der Waals surface area (Å²) >= 11 is 0. The third-order valence-corrected chi connectivity index (χ3v) is 1.80. The molecule has 0 aliphatic heterocycles. The lowest BCUT2D eigenvalue weighted by Crippen LogP contribution is -2.07. The van der Waals surface area contributed by atoms with E-state index in [1.165, 1.54) is 18.2 Å². The first-order valence-electron chi connectivity index (χ1n) is 3.71. The minimum Gasteiger partial charge on any atom is -0.504 e. The molecule has 1 N–H and O–H groups in total. The van der Waals surface area contributed by atoms with Crippen LogP contribution in [-0.2, 0) is 0 Å². The normalized spacial score (nSPS) is 10.7. The number of halogens is 2. The van der Waals surface area contributed by atoms with Crippen molar-refractivity contribution in [2.45, 2.75) is 0 Å². The fourth-order valence-electron chi connectivity index (χ4n) is 1.15. The molecule has 0 unspecified atom stereocenters. The lowest BCUT2D eigenvalue weighted by Gasteiger charge is -1.99. The van der Waals surface area contributed by atoms with E-state index in [4.69, 9.17) is 0 Å². The fraction of sp³-hybridized carbons (Fsp3) is 0. The summed E-state index contributed by atoms with van der Waals surface area (Å²) in [7, 11) is 0. The summed E-state index contributed by atoms with van der Waals surface area (Å²) in [6.45, 7) is 0. The average Bonchev–Trinajstić information content (AvgIpc) is 2.17. The molecule has 72 valence electrons. The van der Waals surface area contributed by atoms with Gasteiger partial charge in [-0.25, -0.2) is 9.18 Å². The lowest BCUT2D eigenvalue weighted by molar-refractivity contribution is 0.419. The number of benzene rings is 1. The van der Waals surface area contributed by atoms with E-state index in [1.807, 2.05) is 0 Å². The molecule has 0 fully saturated rings. The molecule has 0 aliphatic carbocycles. The fourth-order valence-corrected chi connectivity index (χ4v) is 1.15. The Balaban J connectivity index is 3.06. The van der Waals surface area contributed by atoms with E-state index in [0.717, 1.165) is 0 Å². The van der Waals surface area contributed by atoms with Gasteiger partial charge in [0.1, 0.15) is 0 Å². The number of hydrogen-bond donors (Lipinski definition) is 1. The summed E-state index contributed by atoms with van der Waals surface area (Å²) in [5.74, 6) is -3.30. The third-order valence-electron chi connectivity index (χ3n) is 1.80. The maximum absolute atomic E-state index is 13.1. The van der Waals surface area contributed by atoms with Gasteiger partial charge in [0, 0.05) is 0 Å². The van der Waals surface area contributed by atoms with Crippen molar-refractivity contribution in [3.8, 4) is 5.75 Å². The summed E-state index contributed by atoms with van der Waals surface area (Å²) in [4.78, 5) is 10.7. The van der Waals surface area contributed by atoms with Crippen molar-refractivity contribution in [3.63, 3.8) is 0 Å². The van der Waals surface area contributed by atoms with E-state index in [2.05, 4.69) is 4.42 Å². The van der Waals surface area contributed by atoms with E-state index in [0.29, 0.717) is 0 Å². The molecule has 2 rings (SSSR count). The number of para-hydroxylation sites is 1. The van der Waals surface area contributed by atoms with Crippen molar-refractivity contribution in [3.05, 3.63) is 40.3 Å². The number of rotatable bonds is 0. The molecule has 3 nitrogen and oxygen atoms in total. The van der Waals surface area contributed by atoms with Crippen LogP contribution < -0.4 is 5.63 Å². The van der Waals surface area contributed by atoms with Crippen molar-refractivity contribution >= 4 is 11.0 Å². The summed E-state index contributed by atoms with van der Waals surface area (Å²) in [6.07, 6.45) is 0. The van der Waals surface area contributed by atoms with Crippen LogP contribution in [0.2, 0.25) is 0 Å². The van der Waals surface area contributed by atoms with Crippen molar-refractivity contribution in [1.82, 2.24) is 0 Å². The van der Waals surface area contributed by atoms with Crippen LogP contribution in [0, 0.1) is 11.6 Å². The molecule has 0 saturated carbocycles. The zero-order chi connectivity index (χ0) is 10.3. The van der Waals surface area contributed by atoms with Gasteiger partial charge in [-0.3, -0.25) is 0 Å². The second-order valence-electron chi connectivity index (χ2n) is 2.67. The van der Waals surface area contributed by atoms with E-state index < -0.39 is 23.0 Å². The van der Waals surface area contributed by atoms with Gasteiger partial charge in [0.25, 0.3) is 0 Å². The summed E-state index contributed by atoms with van der Waals surface area (Å²) < 4.78 is 30.2. The molecule has 5 heteroatoms. The predicted molar refractivity (Wildman–Crippen MR) is 44.1 cm³/mol. The predicted octanol–water partition coefficient (Wildman–Crippen LogP) is 1.78. The minimum atomic E-state index is -1.58. The van der Waals surface area contributed by atoms with Gasteiger partial charge in [-0.05, 0) is 12.1 Å². The number of phenolic OH excluding ortho intramolecular Hbond substituents is 1. The maximum atomic E-state index is 13.1. The second kappa shape index (κ2) is 2.80. The van der Waals surface area contributed by atoms with Gasteiger partial charge in [-0.15, -0.1) is 0 Å². The quantitative estimate of drug-likeness (QED) is 0.656. The van der Waals surface area contributed by atoms with Crippen LogP contribution in [-0.4, -0.2) is 5.11 Å². The van der Waals surface area contributed by atoms with Gasteiger partial charge >= 0.3 is 5.63 Å². The first kappa shape index (κ1) is 8.68. The van der Waals surface area contributed by atoms with Crippen molar-refractivity contribution in [2.75, 3.05) is 0 Å². The number of aromatic hydroxyl groups is 1. The number of hydrogen-bond acceptors (Lipinski definition) is 3. The molecule has 0 atom stereocenters. The Bertz CT molecular complexity index is 560. The van der Waals surface area contributed by atoms with Crippen LogP contribution in [0.3, 0.4) is 0 Å². The molecule has 0 radical (unpaired) electrons. The van der Waals surface area contributed by atoms with Gasteiger partial charge in [0.05, 0.1) is 5.39 Å². The highest BCUT2D eigenvalue weighted by atomic mass is 19.2. The Kier molecular flexibility index (Phi) is 1.73. The monoisotopic (exact) mass is 198 g/mol. The summed E-state index contributed by atoms with van der Waals surface area (Å²) in [5.41, 5.74) is -1.78. The van der Waals surface area contributed by atoms with E-state index in [1.54, 1.807) is 0 Å². The van der Waals surface area contributed by atoms with Gasteiger partial charge in [0.15, 0.2) is 17.1 Å². The standard InChI is InChI=1S/C9H4F2O3/c10-6-4-2-1-3-5(12)8(4)14-9(13)7(6)11/h1-3,12H. The highest BCUT2D eigenvalue weighted by molar-refractivity contribution is 5.82. The van der Waals surface area contributed by atoms with Crippen LogP contribution in [0.15, 0.2) is 27.4 Å². The van der Waals surface area contributed by atoms with Crippen LogP contribution in [0.4, 0.5) is 8.78 Å². The molecule has 1 aromatic carbocycles. The van der Waals surface area contributed by atoms with Crippen LogP contribution in [0.25, 0.3) is 11.0 Å². The molecular formula is C9H4F2O3. The Morgan fingerprint density at radius 2 is 1.93 bits per heavy atom. The van der Waals surface area contributed by atoms with Gasteiger partial charge < -0.3 is 9.52 Å². The third kappa shape index (κ3) is 1.06. The highest BCUT2D eigenvalue weighted by Gasteiger charge is 2.15. The largest absolute Gasteiger partial charge is 0.504 e. The zero-order valence-electron chi connectivity index (χ0n) is 6.75. The zero-order valence-corrected chi connectivity index (χ0v) is 6.75. The SMILES string of the molecule is O=c1oc2c(O)cccc2c(F)c1F. The first-order chi connectivity index (χ1) is 6.61. The number of phenols is 1. The van der Waals surface area contributed by atoms with E-state index >= 15 is 0 Å². The smallest absolute Gasteiger partial charge is 0.375 e. The molecule has 0 bridgehead atoms. The summed E-state index contributed by atoms with van der Waals surface area (Å²) in [5, 5.41) is 8.93. The molecule has 1 aromatic heterocycles. The first-order valence-corrected chi connectivity index (χ1v) is 3.71. The van der Waals surface area contributed by atoms with Crippen molar-refractivity contribution in [2.24, 2.45) is 0 Å². The molecule has 2 aromatic rings. The van der Waals surface area contributed by atoms with Gasteiger partial charge in [-0.2, -0.15) is 4.39 Å². The van der Waals surface area contributed by atoms with Crippen LogP contribution in [0.1, 0.15) is 0 Å². The van der Waals surface area contributed by atoms with Crippen LogP contribution in [0.5, 0.6) is 5.75 Å². The van der Waals surface area contributed by atoms with Crippen LogP contribution >= 0.6 is 0 Å². The highest BCUT2D eigenvalue weighted by Crippen LogP contribution is 2.25. The molecule has 0 saturated heterocycles. The second-order valence-corrected chi connectivity index (χ2v) is 2.67. The lowest BCUT2D eigenvalue weighted by atomic mass is 10.2. The molecule has 0 aliphatic rings. The Morgan fingerprint density at radius 1 is 1.21 bits per heavy atom. The van der Waals surface area contributed by atoms with E-state index in [9.17, 15) is 18.7 Å². The Morgan fingerprint density at radius 3 is 2.64 bits per heavy atom. The molecule has 0 amide bonds. The number of fused-ring (bicyclic) bond motifs is 1. The van der Waals surface area contributed by atoms with Gasteiger partial charge in [0.2, 0.25) is 5.82 Å².